The third kappa shape index (κ3) is 3.41. The van der Waals surface area contributed by atoms with Gasteiger partial charge in [0.05, 0.1) is 18.7 Å². The van der Waals surface area contributed by atoms with Crippen LogP contribution in [0.5, 0.6) is 0 Å². The zero-order valence-electron chi connectivity index (χ0n) is 7.69. The van der Waals surface area contributed by atoms with Crippen LogP contribution in [0.25, 0.3) is 0 Å². The molecule has 5 nitrogen and oxygen atoms in total. The lowest BCUT2D eigenvalue weighted by atomic mass is 10.3. The summed E-state index contributed by atoms with van der Waals surface area (Å²) in [6, 6.07) is 0. The van der Waals surface area contributed by atoms with Crippen LogP contribution in [-0.2, 0) is 17.8 Å². The van der Waals surface area contributed by atoms with Crippen molar-refractivity contribution in [3.8, 4) is 0 Å². The Morgan fingerprint density at radius 3 is 3.07 bits per heavy atom. The highest BCUT2D eigenvalue weighted by Gasteiger charge is 2.05. The molecule has 1 aromatic heterocycles. The number of hydrogen-bond acceptors (Lipinski definition) is 5. The van der Waals surface area contributed by atoms with E-state index in [1.54, 1.807) is 0 Å². The van der Waals surface area contributed by atoms with Crippen molar-refractivity contribution in [3.63, 3.8) is 0 Å². The molecule has 0 spiro atoms. The predicted octanol–water partition coefficient (Wildman–Crippen LogP) is -0.747. The summed E-state index contributed by atoms with van der Waals surface area (Å²) in [7, 11) is 0. The molecule has 0 aliphatic carbocycles. The summed E-state index contributed by atoms with van der Waals surface area (Å²) in [5.41, 5.74) is 6.12. The molecular formula is C8H13N3O2S. The van der Waals surface area contributed by atoms with E-state index in [0.29, 0.717) is 6.54 Å². The van der Waals surface area contributed by atoms with E-state index in [1.807, 2.05) is 5.38 Å². The van der Waals surface area contributed by atoms with Crippen LogP contribution in [0.15, 0.2) is 5.38 Å². The van der Waals surface area contributed by atoms with Crippen LogP contribution in [0.3, 0.4) is 0 Å². The second-order valence-electron chi connectivity index (χ2n) is 2.69. The fourth-order valence-corrected chi connectivity index (χ4v) is 1.62. The number of amides is 1. The third-order valence-corrected chi connectivity index (χ3v) is 2.47. The normalized spacial score (nSPS) is 10.1. The number of thiazole rings is 1. The van der Waals surface area contributed by atoms with Gasteiger partial charge in [-0.1, -0.05) is 0 Å². The molecule has 78 valence electrons. The average molecular weight is 215 g/mol. The molecule has 0 atom stereocenters. The van der Waals surface area contributed by atoms with Crippen LogP contribution < -0.4 is 11.1 Å². The number of carbonyl (C=O) groups is 1. The second kappa shape index (κ2) is 5.69. The highest BCUT2D eigenvalue weighted by molar-refractivity contribution is 7.09. The first-order chi connectivity index (χ1) is 6.76. The summed E-state index contributed by atoms with van der Waals surface area (Å²) in [6.45, 7) is 0.645. The van der Waals surface area contributed by atoms with Gasteiger partial charge in [0.15, 0.2) is 0 Å². The van der Waals surface area contributed by atoms with Gasteiger partial charge in [-0.15, -0.1) is 11.3 Å². The van der Waals surface area contributed by atoms with E-state index >= 15 is 0 Å². The van der Waals surface area contributed by atoms with Gasteiger partial charge in [-0.2, -0.15) is 0 Å². The monoisotopic (exact) mass is 215 g/mol. The Hall–Kier alpha value is -0.980. The van der Waals surface area contributed by atoms with Crippen molar-refractivity contribution in [1.29, 1.82) is 0 Å². The molecule has 0 aliphatic rings. The molecule has 0 unspecified atom stereocenters. The molecule has 1 aromatic rings. The van der Waals surface area contributed by atoms with Crippen LogP contribution >= 0.6 is 11.3 Å². The van der Waals surface area contributed by atoms with E-state index < -0.39 is 0 Å². The van der Waals surface area contributed by atoms with Crippen LogP contribution in [0.1, 0.15) is 10.7 Å². The van der Waals surface area contributed by atoms with Gasteiger partial charge in [-0.3, -0.25) is 4.79 Å². The highest BCUT2D eigenvalue weighted by Crippen LogP contribution is 2.08. The molecule has 1 heterocycles. The van der Waals surface area contributed by atoms with E-state index in [0.717, 1.165) is 10.7 Å². The lowest BCUT2D eigenvalue weighted by Gasteiger charge is -1.99. The van der Waals surface area contributed by atoms with Gasteiger partial charge >= 0.3 is 0 Å². The quantitative estimate of drug-likeness (QED) is 0.603. The summed E-state index contributed by atoms with van der Waals surface area (Å²) in [4.78, 5) is 15.3. The minimum atomic E-state index is -0.132. The van der Waals surface area contributed by atoms with E-state index in [-0.39, 0.29) is 25.5 Å². The van der Waals surface area contributed by atoms with Gasteiger partial charge in [0.2, 0.25) is 5.91 Å². The Bertz CT molecular complexity index is 301. The molecule has 0 bridgehead atoms. The number of nitrogens with one attached hydrogen (secondary N) is 1. The minimum Gasteiger partial charge on any atom is -0.395 e. The molecule has 0 saturated carbocycles. The summed E-state index contributed by atoms with van der Waals surface area (Å²) in [5.74, 6) is -0.132. The molecular weight excluding hydrogens is 202 g/mol. The molecule has 0 fully saturated rings. The first-order valence-corrected chi connectivity index (χ1v) is 5.15. The van der Waals surface area contributed by atoms with Crippen molar-refractivity contribution < 1.29 is 9.90 Å². The highest BCUT2D eigenvalue weighted by atomic mass is 32.1. The minimum absolute atomic E-state index is 0.0448. The second-order valence-corrected chi connectivity index (χ2v) is 3.63. The molecule has 0 saturated heterocycles. The SMILES string of the molecule is NCc1nc(CC(=O)NCCO)cs1. The smallest absolute Gasteiger partial charge is 0.226 e. The fraction of sp³-hybridized carbons (Fsp3) is 0.500. The third-order valence-electron chi connectivity index (χ3n) is 1.55. The average Bonchev–Trinajstić information content (AvgIpc) is 2.62. The zero-order valence-corrected chi connectivity index (χ0v) is 8.51. The van der Waals surface area contributed by atoms with Gasteiger partial charge in [0.1, 0.15) is 5.01 Å². The Kier molecular flexibility index (Phi) is 4.51. The van der Waals surface area contributed by atoms with Crippen LogP contribution in [-0.4, -0.2) is 29.1 Å². The summed E-state index contributed by atoms with van der Waals surface area (Å²) in [6.07, 6.45) is 0.247. The molecule has 14 heavy (non-hydrogen) atoms. The summed E-state index contributed by atoms with van der Waals surface area (Å²) < 4.78 is 0. The lowest BCUT2D eigenvalue weighted by Crippen LogP contribution is -2.27. The van der Waals surface area contributed by atoms with Crippen molar-refractivity contribution >= 4 is 17.2 Å². The van der Waals surface area contributed by atoms with Gasteiger partial charge in [-0.05, 0) is 0 Å². The van der Waals surface area contributed by atoms with Gasteiger partial charge in [0, 0.05) is 18.5 Å². The van der Waals surface area contributed by atoms with Crippen molar-refractivity contribution in [2.45, 2.75) is 13.0 Å². The van der Waals surface area contributed by atoms with Crippen molar-refractivity contribution in [2.75, 3.05) is 13.2 Å². The number of aliphatic hydroxyl groups excluding tert-OH is 1. The van der Waals surface area contributed by atoms with E-state index in [4.69, 9.17) is 10.8 Å². The lowest BCUT2D eigenvalue weighted by molar-refractivity contribution is -0.120. The topological polar surface area (TPSA) is 88.2 Å². The standard InChI is InChI=1S/C8H13N3O2S/c9-4-8-11-6(5-14-8)3-7(13)10-1-2-12/h5,12H,1-4,9H2,(H,10,13). The maximum absolute atomic E-state index is 11.2. The molecule has 0 aliphatic heterocycles. The van der Waals surface area contributed by atoms with Gasteiger partial charge in [-0.25, -0.2) is 4.98 Å². The first-order valence-electron chi connectivity index (χ1n) is 4.27. The first kappa shape index (κ1) is 11.1. The number of nitrogens with zero attached hydrogens (tertiary/aromatic N) is 1. The number of nitrogens with two attached hydrogens (primary N) is 1. The van der Waals surface area contributed by atoms with E-state index in [2.05, 4.69) is 10.3 Å². The number of rotatable bonds is 5. The van der Waals surface area contributed by atoms with Crippen molar-refractivity contribution in [3.05, 3.63) is 16.1 Å². The number of carbonyl (C=O) groups excluding carboxylic acids is 1. The van der Waals surface area contributed by atoms with Crippen LogP contribution in [0.2, 0.25) is 0 Å². The fourth-order valence-electron chi connectivity index (χ4n) is 0.946. The number of aromatic nitrogens is 1. The van der Waals surface area contributed by atoms with Gasteiger partial charge in [0.25, 0.3) is 0 Å². The molecule has 0 aromatic carbocycles. The number of hydrogen-bond donors (Lipinski definition) is 3. The van der Waals surface area contributed by atoms with E-state index in [9.17, 15) is 4.79 Å². The van der Waals surface area contributed by atoms with E-state index in [1.165, 1.54) is 11.3 Å². The Morgan fingerprint density at radius 1 is 1.71 bits per heavy atom. The number of aliphatic hydroxyl groups is 1. The van der Waals surface area contributed by atoms with Crippen LogP contribution in [0.4, 0.5) is 0 Å². The van der Waals surface area contributed by atoms with Crippen molar-refractivity contribution in [2.24, 2.45) is 5.73 Å². The zero-order chi connectivity index (χ0) is 10.4. The Morgan fingerprint density at radius 2 is 2.50 bits per heavy atom. The van der Waals surface area contributed by atoms with Crippen molar-refractivity contribution in [1.82, 2.24) is 10.3 Å². The summed E-state index contributed by atoms with van der Waals surface area (Å²) in [5, 5.41) is 13.7. The Labute approximate surface area is 86.0 Å². The summed E-state index contributed by atoms with van der Waals surface area (Å²) >= 11 is 1.45. The predicted molar refractivity (Wildman–Crippen MR) is 53.8 cm³/mol. The molecule has 1 rings (SSSR count). The molecule has 1 amide bonds. The Balaban J connectivity index is 2.39. The largest absolute Gasteiger partial charge is 0.395 e. The molecule has 0 radical (unpaired) electrons. The maximum atomic E-state index is 11.2. The molecule has 6 heteroatoms. The maximum Gasteiger partial charge on any atom is 0.226 e. The molecule has 4 N–H and O–H groups in total. The van der Waals surface area contributed by atoms with Crippen LogP contribution in [0, 0.1) is 0 Å². The van der Waals surface area contributed by atoms with Gasteiger partial charge < -0.3 is 16.2 Å².